The van der Waals surface area contributed by atoms with E-state index in [2.05, 4.69) is 0 Å². The number of ether oxygens (including phenoxy) is 2. The summed E-state index contributed by atoms with van der Waals surface area (Å²) in [5, 5.41) is 0.877. The lowest BCUT2D eigenvalue weighted by Crippen LogP contribution is -2.12. The van der Waals surface area contributed by atoms with E-state index in [4.69, 9.17) is 32.1 Å². The second-order valence-electron chi connectivity index (χ2n) is 6.59. The molecule has 0 fully saturated rings. The molecule has 0 saturated carbocycles. The van der Waals surface area contributed by atoms with Gasteiger partial charge >= 0.3 is 15.2 Å². The minimum atomic E-state index is -3.46. The fourth-order valence-corrected chi connectivity index (χ4v) is 6.74. The lowest BCUT2D eigenvalue weighted by atomic mass is 10.1. The molecule has 10 nitrogen and oxygen atoms in total. The molecule has 176 valence electrons. The van der Waals surface area contributed by atoms with E-state index in [0.29, 0.717) is 33.2 Å². The summed E-state index contributed by atoms with van der Waals surface area (Å²) in [5.74, 6) is 0.668. The number of fused-ring (bicyclic) bond motifs is 3. The van der Waals surface area contributed by atoms with Crippen LogP contribution in [0, 0.1) is 0 Å². The molecule has 1 aliphatic rings. The first-order valence-corrected chi connectivity index (χ1v) is 14.4. The summed E-state index contributed by atoms with van der Waals surface area (Å²) in [4.78, 5) is 0. The number of benzene rings is 2. The Labute approximate surface area is 186 Å². The fraction of sp³-hybridized carbons (Fsp3) is 0.368. The average molecular weight is 506 g/mol. The molecule has 0 aromatic heterocycles. The quantitative estimate of drug-likeness (QED) is 0.411. The minimum Gasteiger partial charge on any atom is -0.481 e. The van der Waals surface area contributed by atoms with Crippen LogP contribution in [-0.4, -0.2) is 48.2 Å². The Hall–Kier alpha value is -1.47. The van der Waals surface area contributed by atoms with Gasteiger partial charge in [-0.2, -0.15) is 0 Å². The minimum absolute atomic E-state index is 0.305. The predicted octanol–water partition coefficient (Wildman–Crippen LogP) is 4.19. The van der Waals surface area contributed by atoms with Crippen LogP contribution in [0.15, 0.2) is 36.4 Å². The van der Waals surface area contributed by atoms with Crippen molar-refractivity contribution in [2.45, 2.75) is 0 Å². The monoisotopic (exact) mass is 506 g/mol. The molecule has 0 spiro atoms. The van der Waals surface area contributed by atoms with Gasteiger partial charge in [0.2, 0.25) is 0 Å². The first kappa shape index (κ1) is 25.2. The molecule has 32 heavy (non-hydrogen) atoms. The third-order valence-electron chi connectivity index (χ3n) is 5.01. The highest BCUT2D eigenvalue weighted by molar-refractivity contribution is 7.75. The molecular formula is C19H25O10P3. The van der Waals surface area contributed by atoms with Crippen molar-refractivity contribution in [2.24, 2.45) is 0 Å². The Bertz CT molecular complexity index is 1030. The Morgan fingerprint density at radius 2 is 1.06 bits per heavy atom. The van der Waals surface area contributed by atoms with Crippen LogP contribution in [0.5, 0.6) is 11.5 Å². The van der Waals surface area contributed by atoms with Crippen molar-refractivity contribution in [3.8, 4) is 22.6 Å². The number of hydrogen-bond donors (Lipinski definition) is 0. The summed E-state index contributed by atoms with van der Waals surface area (Å²) in [5.41, 5.74) is 1.43. The van der Waals surface area contributed by atoms with E-state index in [9.17, 15) is 13.7 Å². The van der Waals surface area contributed by atoms with Crippen LogP contribution in [0.4, 0.5) is 0 Å². The van der Waals surface area contributed by atoms with Gasteiger partial charge in [0.15, 0.2) is 12.7 Å². The summed E-state index contributed by atoms with van der Waals surface area (Å²) in [6.45, 7) is 0. The van der Waals surface area contributed by atoms with Crippen molar-refractivity contribution < 1.29 is 45.8 Å². The largest absolute Gasteiger partial charge is 0.481 e. The van der Waals surface area contributed by atoms with Crippen LogP contribution in [0.25, 0.3) is 11.1 Å². The van der Waals surface area contributed by atoms with E-state index >= 15 is 0 Å². The highest BCUT2D eigenvalue weighted by Crippen LogP contribution is 2.55. The van der Waals surface area contributed by atoms with Gasteiger partial charge in [-0.05, 0) is 47.5 Å². The molecule has 3 rings (SSSR count). The summed E-state index contributed by atoms with van der Waals surface area (Å²) >= 11 is 0. The van der Waals surface area contributed by atoms with Gasteiger partial charge in [0.1, 0.15) is 11.5 Å². The zero-order valence-corrected chi connectivity index (χ0v) is 21.0. The Morgan fingerprint density at radius 1 is 0.688 bits per heavy atom. The van der Waals surface area contributed by atoms with Gasteiger partial charge in [-0.25, -0.2) is 0 Å². The molecular weight excluding hydrogens is 481 g/mol. The average Bonchev–Trinajstić information content (AvgIpc) is 3.09. The van der Waals surface area contributed by atoms with E-state index in [1.807, 2.05) is 0 Å². The standard InChI is InChI=1S/C19H25O10P3/c1-23-30(20,24-2)12-28-14-6-8-16-17-9-7-15(29-13-31(21,25-3)26-4)11-19(17)32(22,27-5)18(16)10-14/h6-11H,12-13H2,1-5H3. The van der Waals surface area contributed by atoms with Gasteiger partial charge in [-0.15, -0.1) is 0 Å². The summed E-state index contributed by atoms with van der Waals surface area (Å²) in [6, 6.07) is 10.00. The van der Waals surface area contributed by atoms with Crippen LogP contribution >= 0.6 is 22.6 Å². The van der Waals surface area contributed by atoms with Crippen molar-refractivity contribution in [1.29, 1.82) is 0 Å². The van der Waals surface area contributed by atoms with E-state index in [1.165, 1.54) is 35.5 Å². The molecule has 0 radical (unpaired) electrons. The smallest absolute Gasteiger partial charge is 0.367 e. The molecule has 2 aromatic rings. The van der Waals surface area contributed by atoms with Gasteiger partial charge in [0, 0.05) is 35.5 Å². The van der Waals surface area contributed by atoms with Gasteiger partial charge in [-0.1, -0.05) is 0 Å². The van der Waals surface area contributed by atoms with E-state index in [0.717, 1.165) is 0 Å². The van der Waals surface area contributed by atoms with Crippen LogP contribution in [0.2, 0.25) is 0 Å². The van der Waals surface area contributed by atoms with Gasteiger partial charge in [-0.3, -0.25) is 13.7 Å². The van der Waals surface area contributed by atoms with Crippen LogP contribution in [-0.2, 0) is 36.3 Å². The number of hydrogen-bond acceptors (Lipinski definition) is 10. The van der Waals surface area contributed by atoms with E-state index in [1.54, 1.807) is 36.4 Å². The maximum absolute atomic E-state index is 13.8. The highest BCUT2D eigenvalue weighted by atomic mass is 31.2. The van der Waals surface area contributed by atoms with Crippen molar-refractivity contribution in [1.82, 2.24) is 0 Å². The number of rotatable bonds is 11. The maximum atomic E-state index is 13.8. The van der Waals surface area contributed by atoms with Crippen molar-refractivity contribution in [3.05, 3.63) is 36.4 Å². The molecule has 0 unspecified atom stereocenters. The molecule has 0 bridgehead atoms. The summed E-state index contributed by atoms with van der Waals surface area (Å²) in [7, 11) is -3.80. The highest BCUT2D eigenvalue weighted by Gasteiger charge is 2.40. The lowest BCUT2D eigenvalue weighted by molar-refractivity contribution is 0.240. The van der Waals surface area contributed by atoms with E-state index in [-0.39, 0.29) is 12.7 Å². The summed E-state index contributed by atoms with van der Waals surface area (Å²) in [6.07, 6.45) is -0.611. The normalized spacial score (nSPS) is 14.7. The molecule has 1 heterocycles. The Balaban J connectivity index is 1.91. The van der Waals surface area contributed by atoms with Crippen LogP contribution in [0.1, 0.15) is 0 Å². The first-order valence-electron chi connectivity index (χ1n) is 9.29. The third-order valence-corrected chi connectivity index (χ3v) is 10.7. The molecule has 1 aliphatic heterocycles. The third kappa shape index (κ3) is 4.74. The van der Waals surface area contributed by atoms with Crippen LogP contribution < -0.4 is 20.1 Å². The van der Waals surface area contributed by atoms with Gasteiger partial charge < -0.3 is 32.1 Å². The molecule has 0 amide bonds. The first-order chi connectivity index (χ1) is 15.2. The molecule has 13 heteroatoms. The second-order valence-corrected chi connectivity index (χ2v) is 13.4. The SMILES string of the molecule is COP(=O)(COc1ccc2c(c1)P(=O)(OC)c1cc(OCP(=O)(OC)OC)ccc1-2)OC. The van der Waals surface area contributed by atoms with Crippen LogP contribution in [0.3, 0.4) is 0 Å². The molecule has 2 aromatic carbocycles. The Morgan fingerprint density at radius 3 is 1.38 bits per heavy atom. The van der Waals surface area contributed by atoms with Crippen molar-refractivity contribution >= 4 is 33.2 Å². The molecule has 0 aliphatic carbocycles. The van der Waals surface area contributed by atoms with Crippen molar-refractivity contribution in [2.75, 3.05) is 48.2 Å². The molecule has 0 N–H and O–H groups in total. The van der Waals surface area contributed by atoms with Gasteiger partial charge in [0.25, 0.3) is 7.37 Å². The lowest BCUT2D eigenvalue weighted by Gasteiger charge is -2.17. The molecule has 0 atom stereocenters. The molecule has 0 saturated heterocycles. The maximum Gasteiger partial charge on any atom is 0.367 e. The van der Waals surface area contributed by atoms with Crippen molar-refractivity contribution in [3.63, 3.8) is 0 Å². The second kappa shape index (κ2) is 9.80. The topological polar surface area (TPSA) is 116 Å². The van der Waals surface area contributed by atoms with E-state index < -0.39 is 22.6 Å². The summed E-state index contributed by atoms with van der Waals surface area (Å²) < 4.78 is 74.4. The zero-order chi connectivity index (χ0) is 23.6. The predicted molar refractivity (Wildman–Crippen MR) is 120 cm³/mol. The fourth-order valence-electron chi connectivity index (χ4n) is 3.14. The van der Waals surface area contributed by atoms with Gasteiger partial charge in [0.05, 0.1) is 10.6 Å². The zero-order valence-electron chi connectivity index (χ0n) is 18.3. The Kier molecular flexibility index (Phi) is 7.70.